The van der Waals surface area contributed by atoms with E-state index in [1.54, 1.807) is 26.3 Å². The molecule has 25 heavy (non-hydrogen) atoms. The van der Waals surface area contributed by atoms with Gasteiger partial charge in [-0.15, -0.1) is 24.0 Å². The number of nitrogens with zero attached hydrogens (tertiary/aromatic N) is 1. The SMILES string of the molecule is CN=C(NCCOc1cccc(OC)c1)NCc1ccc(F)cc1.I. The lowest BCUT2D eigenvalue weighted by Gasteiger charge is -2.13. The monoisotopic (exact) mass is 459 g/mol. The number of halogens is 2. The van der Waals surface area contributed by atoms with Crippen LogP contribution in [-0.2, 0) is 6.54 Å². The zero-order chi connectivity index (χ0) is 17.2. The fraction of sp³-hybridized carbons (Fsp3) is 0.278. The molecule has 0 atom stereocenters. The molecule has 0 fully saturated rings. The molecule has 0 bridgehead atoms. The van der Waals surface area contributed by atoms with Crippen LogP contribution in [0, 0.1) is 5.82 Å². The molecule has 0 saturated heterocycles. The van der Waals surface area contributed by atoms with Gasteiger partial charge in [-0.2, -0.15) is 0 Å². The molecule has 7 heteroatoms. The summed E-state index contributed by atoms with van der Waals surface area (Å²) in [5.41, 5.74) is 0.979. The predicted molar refractivity (Wildman–Crippen MR) is 109 cm³/mol. The second-order valence-electron chi connectivity index (χ2n) is 5.01. The van der Waals surface area contributed by atoms with E-state index in [1.807, 2.05) is 24.3 Å². The van der Waals surface area contributed by atoms with Gasteiger partial charge in [0.05, 0.1) is 13.7 Å². The van der Waals surface area contributed by atoms with Gasteiger partial charge in [0.1, 0.15) is 23.9 Å². The third-order valence-electron chi connectivity index (χ3n) is 3.30. The number of hydrogen-bond acceptors (Lipinski definition) is 3. The van der Waals surface area contributed by atoms with Crippen molar-refractivity contribution in [2.75, 3.05) is 27.3 Å². The minimum absolute atomic E-state index is 0. The van der Waals surface area contributed by atoms with E-state index in [2.05, 4.69) is 15.6 Å². The molecule has 0 aliphatic carbocycles. The molecular formula is C18H23FIN3O2. The molecular weight excluding hydrogens is 436 g/mol. The first-order valence-corrected chi connectivity index (χ1v) is 7.67. The molecule has 0 radical (unpaired) electrons. The molecule has 2 N–H and O–H groups in total. The van der Waals surface area contributed by atoms with Gasteiger partial charge >= 0.3 is 0 Å². The van der Waals surface area contributed by atoms with Crippen molar-refractivity contribution in [2.24, 2.45) is 4.99 Å². The standard InChI is InChI=1S/C18H22FN3O2.HI/c1-20-18(22-13-14-6-8-15(19)9-7-14)21-10-11-24-17-5-3-4-16(12-17)23-2;/h3-9,12H,10-11,13H2,1-2H3,(H2,20,21,22);1H. The first kappa shape index (κ1) is 21.0. The van der Waals surface area contributed by atoms with E-state index in [0.29, 0.717) is 25.7 Å². The van der Waals surface area contributed by atoms with Crippen LogP contribution in [-0.4, -0.2) is 33.3 Å². The Morgan fingerprint density at radius 1 is 1.08 bits per heavy atom. The van der Waals surface area contributed by atoms with Gasteiger partial charge in [0.25, 0.3) is 0 Å². The van der Waals surface area contributed by atoms with Crippen LogP contribution < -0.4 is 20.1 Å². The normalized spacial score (nSPS) is 10.6. The number of hydrogen-bond donors (Lipinski definition) is 2. The summed E-state index contributed by atoms with van der Waals surface area (Å²) in [6.07, 6.45) is 0. The van der Waals surface area contributed by atoms with Crippen molar-refractivity contribution in [1.82, 2.24) is 10.6 Å². The van der Waals surface area contributed by atoms with E-state index < -0.39 is 0 Å². The topological polar surface area (TPSA) is 54.9 Å². The highest BCUT2D eigenvalue weighted by Crippen LogP contribution is 2.18. The minimum atomic E-state index is -0.240. The highest BCUT2D eigenvalue weighted by molar-refractivity contribution is 14.0. The highest BCUT2D eigenvalue weighted by atomic mass is 127. The molecule has 0 spiro atoms. The van der Waals surface area contributed by atoms with E-state index in [9.17, 15) is 4.39 Å². The van der Waals surface area contributed by atoms with Crippen LogP contribution in [0.5, 0.6) is 11.5 Å². The van der Waals surface area contributed by atoms with Gasteiger partial charge < -0.3 is 20.1 Å². The van der Waals surface area contributed by atoms with Crippen molar-refractivity contribution in [2.45, 2.75) is 6.54 Å². The third kappa shape index (κ3) is 7.59. The first-order chi connectivity index (χ1) is 11.7. The fourth-order valence-electron chi connectivity index (χ4n) is 2.04. The summed E-state index contributed by atoms with van der Waals surface area (Å²) in [4.78, 5) is 4.14. The third-order valence-corrected chi connectivity index (χ3v) is 3.30. The molecule has 0 saturated carbocycles. The van der Waals surface area contributed by atoms with Gasteiger partial charge in [-0.25, -0.2) is 4.39 Å². The van der Waals surface area contributed by atoms with Crippen LogP contribution in [0.2, 0.25) is 0 Å². The number of ether oxygens (including phenoxy) is 2. The van der Waals surface area contributed by atoms with Gasteiger partial charge in [0.2, 0.25) is 0 Å². The summed E-state index contributed by atoms with van der Waals surface area (Å²) in [6.45, 7) is 1.65. The number of nitrogens with one attached hydrogen (secondary N) is 2. The smallest absolute Gasteiger partial charge is 0.191 e. The zero-order valence-electron chi connectivity index (χ0n) is 14.3. The van der Waals surface area contributed by atoms with Crippen LogP contribution in [0.3, 0.4) is 0 Å². The lowest BCUT2D eigenvalue weighted by atomic mass is 10.2. The van der Waals surface area contributed by atoms with E-state index >= 15 is 0 Å². The highest BCUT2D eigenvalue weighted by Gasteiger charge is 2.00. The lowest BCUT2D eigenvalue weighted by Crippen LogP contribution is -2.38. The second-order valence-corrected chi connectivity index (χ2v) is 5.01. The number of aliphatic imine (C=N–C) groups is 1. The van der Waals surface area contributed by atoms with Crippen molar-refractivity contribution in [3.63, 3.8) is 0 Å². The summed E-state index contributed by atoms with van der Waals surface area (Å²) >= 11 is 0. The molecule has 2 rings (SSSR count). The minimum Gasteiger partial charge on any atom is -0.497 e. The lowest BCUT2D eigenvalue weighted by molar-refractivity contribution is 0.319. The number of benzene rings is 2. The first-order valence-electron chi connectivity index (χ1n) is 7.67. The maximum Gasteiger partial charge on any atom is 0.191 e. The molecule has 0 heterocycles. The zero-order valence-corrected chi connectivity index (χ0v) is 16.6. The van der Waals surface area contributed by atoms with Crippen molar-refractivity contribution in [3.05, 3.63) is 59.9 Å². The van der Waals surface area contributed by atoms with Crippen LogP contribution in [0.1, 0.15) is 5.56 Å². The van der Waals surface area contributed by atoms with E-state index in [-0.39, 0.29) is 29.8 Å². The molecule has 5 nitrogen and oxygen atoms in total. The predicted octanol–water partition coefficient (Wildman–Crippen LogP) is 3.20. The van der Waals surface area contributed by atoms with Crippen LogP contribution in [0.15, 0.2) is 53.5 Å². The van der Waals surface area contributed by atoms with Crippen molar-refractivity contribution < 1.29 is 13.9 Å². The van der Waals surface area contributed by atoms with Crippen molar-refractivity contribution in [3.8, 4) is 11.5 Å². The van der Waals surface area contributed by atoms with E-state index in [1.165, 1.54) is 12.1 Å². The summed E-state index contributed by atoms with van der Waals surface area (Å²) in [6, 6.07) is 13.8. The van der Waals surface area contributed by atoms with Gasteiger partial charge in [0.15, 0.2) is 5.96 Å². The average Bonchev–Trinajstić information content (AvgIpc) is 2.62. The van der Waals surface area contributed by atoms with Gasteiger partial charge in [-0.3, -0.25) is 4.99 Å². The van der Waals surface area contributed by atoms with Crippen LogP contribution in [0.4, 0.5) is 4.39 Å². The second kappa shape index (κ2) is 11.5. The molecule has 0 aliphatic rings. The Morgan fingerprint density at radius 3 is 2.48 bits per heavy atom. The van der Waals surface area contributed by atoms with Gasteiger partial charge in [-0.05, 0) is 29.8 Å². The summed E-state index contributed by atoms with van der Waals surface area (Å²) in [5.74, 6) is 1.94. The number of methoxy groups -OCH3 is 1. The van der Waals surface area contributed by atoms with E-state index in [0.717, 1.165) is 17.1 Å². The van der Waals surface area contributed by atoms with Gasteiger partial charge in [0, 0.05) is 19.7 Å². The molecule has 0 aromatic heterocycles. The molecule has 0 aliphatic heterocycles. The molecule has 0 unspecified atom stereocenters. The quantitative estimate of drug-likeness (QED) is 0.289. The van der Waals surface area contributed by atoms with Crippen LogP contribution in [0.25, 0.3) is 0 Å². The molecule has 2 aromatic carbocycles. The summed E-state index contributed by atoms with van der Waals surface area (Å²) < 4.78 is 23.7. The van der Waals surface area contributed by atoms with E-state index in [4.69, 9.17) is 9.47 Å². The molecule has 136 valence electrons. The Bertz CT molecular complexity index is 666. The average molecular weight is 459 g/mol. The Balaban J connectivity index is 0.00000312. The van der Waals surface area contributed by atoms with Crippen molar-refractivity contribution in [1.29, 1.82) is 0 Å². The largest absolute Gasteiger partial charge is 0.497 e. The Hall–Kier alpha value is -2.03. The molecule has 0 amide bonds. The van der Waals surface area contributed by atoms with Gasteiger partial charge in [-0.1, -0.05) is 18.2 Å². The number of guanidine groups is 1. The molecule has 2 aromatic rings. The summed E-state index contributed by atoms with van der Waals surface area (Å²) in [7, 11) is 3.32. The number of rotatable bonds is 7. The maximum atomic E-state index is 12.9. The maximum absolute atomic E-state index is 12.9. The van der Waals surface area contributed by atoms with Crippen molar-refractivity contribution >= 4 is 29.9 Å². The Labute approximate surface area is 164 Å². The fourth-order valence-corrected chi connectivity index (χ4v) is 2.04. The summed E-state index contributed by atoms with van der Waals surface area (Å²) in [5, 5.41) is 6.32. The Kier molecular flexibility index (Phi) is 9.68. The van der Waals surface area contributed by atoms with Crippen LogP contribution >= 0.6 is 24.0 Å². The Morgan fingerprint density at radius 2 is 1.80 bits per heavy atom.